The number of ether oxygens (including phenoxy) is 4. The van der Waals surface area contributed by atoms with Gasteiger partial charge in [-0.05, 0) is 49.2 Å². The number of hydrogen-bond donors (Lipinski definition) is 1. The molecule has 0 aliphatic carbocycles. The number of carbonyl (C=O) groups is 1. The zero-order chi connectivity index (χ0) is 27.1. The largest absolute Gasteiger partial charge is 0.459 e. The number of nitrogens with one attached hydrogen (secondary N) is 1. The van der Waals surface area contributed by atoms with Crippen molar-refractivity contribution >= 4 is 46.0 Å². The Morgan fingerprint density at radius 3 is 2.59 bits per heavy atom. The molecule has 2 fully saturated rings. The SMILES string of the molecule is CC1(C)O[C@@H]2[C@H](O1)[C@@H](COC(=O)c1ccccc1)O[C@H]2n1ncc2c(NCc3ccccc3Cl)nc(Cl)nc21. The standard InChI is InChI=1S/C27H25Cl2N5O5/c1-27(2)38-20-19(14-36-25(35)15-8-4-3-5-9-15)37-24(21(20)39-27)34-23-17(13-31-34)22(32-26(29)33-23)30-12-16-10-6-7-11-18(16)28/h3-11,13,19-21,24H,12,14H2,1-2H3,(H,30,32,33)/t19-,20-,21-,24-/m1/s1. The van der Waals surface area contributed by atoms with Crippen molar-refractivity contribution in [2.75, 3.05) is 11.9 Å². The van der Waals surface area contributed by atoms with E-state index in [9.17, 15) is 4.79 Å². The molecule has 1 N–H and O–H groups in total. The zero-order valence-electron chi connectivity index (χ0n) is 21.1. The molecule has 6 rings (SSSR count). The average Bonchev–Trinajstić information content (AvgIpc) is 3.57. The zero-order valence-corrected chi connectivity index (χ0v) is 22.6. The van der Waals surface area contributed by atoms with E-state index in [0.29, 0.717) is 34.0 Å². The maximum Gasteiger partial charge on any atom is 0.338 e. The number of esters is 1. The molecule has 4 heterocycles. The number of benzene rings is 2. The van der Waals surface area contributed by atoms with Gasteiger partial charge in [0.05, 0.1) is 17.1 Å². The molecule has 10 nitrogen and oxygen atoms in total. The molecular formula is C27H25Cl2N5O5. The third-order valence-corrected chi connectivity index (χ3v) is 7.12. The second-order valence-electron chi connectivity index (χ2n) is 9.71. The normalized spacial score (nSPS) is 23.6. The Kier molecular flexibility index (Phi) is 6.90. The second kappa shape index (κ2) is 10.4. The molecule has 12 heteroatoms. The monoisotopic (exact) mass is 569 g/mol. The van der Waals surface area contributed by atoms with Gasteiger partial charge < -0.3 is 24.3 Å². The Bertz CT molecular complexity index is 1520. The van der Waals surface area contributed by atoms with E-state index in [-0.39, 0.29) is 11.9 Å². The first-order chi connectivity index (χ1) is 18.8. The van der Waals surface area contributed by atoms with Crippen LogP contribution in [0.15, 0.2) is 60.8 Å². The lowest BCUT2D eigenvalue weighted by molar-refractivity contribution is -0.201. The van der Waals surface area contributed by atoms with Crippen LogP contribution in [0.4, 0.5) is 5.82 Å². The van der Waals surface area contributed by atoms with Gasteiger partial charge >= 0.3 is 5.97 Å². The quantitative estimate of drug-likeness (QED) is 0.242. The third-order valence-electron chi connectivity index (χ3n) is 6.59. The van der Waals surface area contributed by atoms with Gasteiger partial charge in [-0.1, -0.05) is 48.0 Å². The van der Waals surface area contributed by atoms with Crippen molar-refractivity contribution in [3.8, 4) is 0 Å². The van der Waals surface area contributed by atoms with E-state index < -0.39 is 36.3 Å². The van der Waals surface area contributed by atoms with Crippen LogP contribution in [0.1, 0.15) is 36.0 Å². The molecule has 2 aliphatic rings. The molecule has 0 amide bonds. The summed E-state index contributed by atoms with van der Waals surface area (Å²) in [4.78, 5) is 21.3. The first-order valence-electron chi connectivity index (χ1n) is 12.4. The summed E-state index contributed by atoms with van der Waals surface area (Å²) in [7, 11) is 0. The molecule has 0 bridgehead atoms. The van der Waals surface area contributed by atoms with Crippen LogP contribution < -0.4 is 5.32 Å². The van der Waals surface area contributed by atoms with E-state index in [0.717, 1.165) is 5.56 Å². The van der Waals surface area contributed by atoms with E-state index in [2.05, 4.69) is 20.4 Å². The van der Waals surface area contributed by atoms with Crippen LogP contribution >= 0.6 is 23.2 Å². The van der Waals surface area contributed by atoms with Crippen LogP contribution in [0.5, 0.6) is 0 Å². The fraction of sp³-hybridized carbons (Fsp3) is 0.333. The van der Waals surface area contributed by atoms with Gasteiger partial charge in [-0.2, -0.15) is 15.1 Å². The van der Waals surface area contributed by atoms with Crippen molar-refractivity contribution in [1.29, 1.82) is 0 Å². The summed E-state index contributed by atoms with van der Waals surface area (Å²) in [5, 5.41) is 9.16. The number of aromatic nitrogens is 4. The summed E-state index contributed by atoms with van der Waals surface area (Å²) >= 11 is 12.6. The highest BCUT2D eigenvalue weighted by Gasteiger charge is 2.56. The first kappa shape index (κ1) is 26.0. The van der Waals surface area contributed by atoms with E-state index in [1.165, 1.54) is 0 Å². The molecule has 2 aromatic carbocycles. The first-order valence-corrected chi connectivity index (χ1v) is 13.2. The van der Waals surface area contributed by atoms with E-state index in [1.807, 2.05) is 44.2 Å². The van der Waals surface area contributed by atoms with Crippen LogP contribution in [0, 0.1) is 0 Å². The molecule has 0 radical (unpaired) electrons. The van der Waals surface area contributed by atoms with Crippen molar-refractivity contribution in [1.82, 2.24) is 19.7 Å². The summed E-state index contributed by atoms with van der Waals surface area (Å²) in [5.41, 5.74) is 1.81. The Morgan fingerprint density at radius 1 is 1.05 bits per heavy atom. The fourth-order valence-electron chi connectivity index (χ4n) is 4.85. The average molecular weight is 570 g/mol. The van der Waals surface area contributed by atoms with Crippen LogP contribution in [0.3, 0.4) is 0 Å². The number of halogens is 2. The summed E-state index contributed by atoms with van der Waals surface area (Å²) < 4.78 is 25.8. The molecular weight excluding hydrogens is 545 g/mol. The maximum atomic E-state index is 12.6. The molecule has 39 heavy (non-hydrogen) atoms. The van der Waals surface area contributed by atoms with Gasteiger partial charge in [0, 0.05) is 11.6 Å². The van der Waals surface area contributed by atoms with Crippen molar-refractivity contribution in [3.63, 3.8) is 0 Å². The molecule has 2 aliphatic heterocycles. The number of nitrogens with zero attached hydrogens (tertiary/aromatic N) is 4. The lowest BCUT2D eigenvalue weighted by Crippen LogP contribution is -2.33. The number of carbonyl (C=O) groups excluding carboxylic acids is 1. The lowest BCUT2D eigenvalue weighted by Gasteiger charge is -2.24. The Morgan fingerprint density at radius 2 is 1.79 bits per heavy atom. The van der Waals surface area contributed by atoms with Gasteiger partial charge in [0.2, 0.25) is 5.28 Å². The highest BCUT2D eigenvalue weighted by molar-refractivity contribution is 6.31. The highest BCUT2D eigenvalue weighted by atomic mass is 35.5. The van der Waals surface area contributed by atoms with Gasteiger partial charge in [-0.15, -0.1) is 0 Å². The number of rotatable bonds is 7. The molecule has 0 saturated carbocycles. The third kappa shape index (κ3) is 5.18. The van der Waals surface area contributed by atoms with Gasteiger partial charge in [0.1, 0.15) is 30.7 Å². The van der Waals surface area contributed by atoms with Crippen LogP contribution in [0.25, 0.3) is 11.0 Å². The van der Waals surface area contributed by atoms with Crippen molar-refractivity contribution in [2.45, 2.75) is 50.7 Å². The number of hydrogen-bond acceptors (Lipinski definition) is 9. The summed E-state index contributed by atoms with van der Waals surface area (Å²) in [6.45, 7) is 4.06. The molecule has 0 unspecified atom stereocenters. The van der Waals surface area contributed by atoms with Gasteiger partial charge in [-0.3, -0.25) is 0 Å². The Labute approximate surface area is 234 Å². The molecule has 0 spiro atoms. The maximum absolute atomic E-state index is 12.6. The van der Waals surface area contributed by atoms with Crippen molar-refractivity contribution in [3.05, 3.63) is 82.2 Å². The van der Waals surface area contributed by atoms with Gasteiger partial charge in [0.25, 0.3) is 0 Å². The minimum Gasteiger partial charge on any atom is -0.459 e. The van der Waals surface area contributed by atoms with E-state index >= 15 is 0 Å². The Balaban J connectivity index is 1.26. The van der Waals surface area contributed by atoms with Crippen LogP contribution in [0.2, 0.25) is 10.3 Å². The molecule has 4 atom stereocenters. The second-order valence-corrected chi connectivity index (χ2v) is 10.5. The topological polar surface area (TPSA) is 110 Å². The Hall–Kier alpha value is -3.28. The molecule has 4 aromatic rings. The minimum absolute atomic E-state index is 0.0234. The van der Waals surface area contributed by atoms with Crippen molar-refractivity contribution < 1.29 is 23.7 Å². The minimum atomic E-state index is -0.865. The van der Waals surface area contributed by atoms with Gasteiger partial charge in [-0.25, -0.2) is 9.48 Å². The summed E-state index contributed by atoms with van der Waals surface area (Å²) in [6, 6.07) is 16.3. The smallest absolute Gasteiger partial charge is 0.338 e. The highest BCUT2D eigenvalue weighted by Crippen LogP contribution is 2.44. The molecule has 2 aromatic heterocycles. The van der Waals surface area contributed by atoms with E-state index in [1.54, 1.807) is 35.1 Å². The predicted octanol–water partition coefficient (Wildman–Crippen LogP) is 5.02. The summed E-state index contributed by atoms with van der Waals surface area (Å²) in [6.07, 6.45) is -0.691. The van der Waals surface area contributed by atoms with Crippen LogP contribution in [-0.2, 0) is 25.5 Å². The lowest BCUT2D eigenvalue weighted by atomic mass is 10.1. The number of anilines is 1. The molecule has 2 saturated heterocycles. The van der Waals surface area contributed by atoms with Crippen LogP contribution in [-0.4, -0.2) is 56.4 Å². The number of fused-ring (bicyclic) bond motifs is 2. The van der Waals surface area contributed by atoms with Gasteiger partial charge in [0.15, 0.2) is 17.7 Å². The summed E-state index contributed by atoms with van der Waals surface area (Å²) in [5.74, 6) is -0.810. The van der Waals surface area contributed by atoms with Crippen molar-refractivity contribution in [2.24, 2.45) is 0 Å². The predicted molar refractivity (Wildman–Crippen MR) is 144 cm³/mol. The molecule has 202 valence electrons. The van der Waals surface area contributed by atoms with E-state index in [4.69, 9.17) is 42.1 Å². The fourth-order valence-corrected chi connectivity index (χ4v) is 5.21.